The standard InChI is InChI=1S/C15H18N4O3/c1-9(11-8-10(21-2)4-5-12(11)22-3)19-15(20)13-14(16)18-7-6-17-13/h4-9H,1-3H3,(H2,16,18)(H,19,20). The maximum atomic E-state index is 12.2. The van der Waals surface area contributed by atoms with Crippen molar-refractivity contribution in [3.8, 4) is 11.5 Å². The van der Waals surface area contributed by atoms with Crippen molar-refractivity contribution in [2.75, 3.05) is 20.0 Å². The van der Waals surface area contributed by atoms with Crippen LogP contribution in [0, 0.1) is 0 Å². The number of methoxy groups -OCH3 is 2. The van der Waals surface area contributed by atoms with Crippen LogP contribution in [0.2, 0.25) is 0 Å². The second kappa shape index (κ2) is 6.75. The van der Waals surface area contributed by atoms with Crippen molar-refractivity contribution >= 4 is 11.7 Å². The van der Waals surface area contributed by atoms with Crippen molar-refractivity contribution in [3.05, 3.63) is 41.9 Å². The zero-order valence-corrected chi connectivity index (χ0v) is 12.7. The van der Waals surface area contributed by atoms with E-state index in [1.807, 2.05) is 13.0 Å². The van der Waals surface area contributed by atoms with Gasteiger partial charge in [0, 0.05) is 18.0 Å². The van der Waals surface area contributed by atoms with Gasteiger partial charge in [0.05, 0.1) is 20.3 Å². The summed E-state index contributed by atoms with van der Waals surface area (Å²) in [6.45, 7) is 1.84. The number of aromatic nitrogens is 2. The van der Waals surface area contributed by atoms with Crippen LogP contribution >= 0.6 is 0 Å². The fraction of sp³-hybridized carbons (Fsp3) is 0.267. The maximum absolute atomic E-state index is 12.2. The highest BCUT2D eigenvalue weighted by Crippen LogP contribution is 2.29. The number of nitrogens with zero attached hydrogens (tertiary/aromatic N) is 2. The molecule has 22 heavy (non-hydrogen) atoms. The zero-order chi connectivity index (χ0) is 16.1. The normalized spacial score (nSPS) is 11.6. The fourth-order valence-corrected chi connectivity index (χ4v) is 2.04. The lowest BCUT2D eigenvalue weighted by molar-refractivity contribution is 0.0935. The van der Waals surface area contributed by atoms with E-state index in [4.69, 9.17) is 15.2 Å². The molecule has 7 nitrogen and oxygen atoms in total. The lowest BCUT2D eigenvalue weighted by Crippen LogP contribution is -2.28. The van der Waals surface area contributed by atoms with Gasteiger partial charge in [-0.3, -0.25) is 4.79 Å². The van der Waals surface area contributed by atoms with Gasteiger partial charge in [0.2, 0.25) is 0 Å². The quantitative estimate of drug-likeness (QED) is 0.869. The highest BCUT2D eigenvalue weighted by molar-refractivity contribution is 5.96. The van der Waals surface area contributed by atoms with Crippen molar-refractivity contribution < 1.29 is 14.3 Å². The van der Waals surface area contributed by atoms with Crippen LogP contribution in [0.3, 0.4) is 0 Å². The Morgan fingerprint density at radius 2 is 1.95 bits per heavy atom. The summed E-state index contributed by atoms with van der Waals surface area (Å²) in [6.07, 6.45) is 2.85. The first-order valence-electron chi connectivity index (χ1n) is 6.66. The van der Waals surface area contributed by atoms with Crippen LogP contribution in [-0.4, -0.2) is 30.1 Å². The Morgan fingerprint density at radius 1 is 1.23 bits per heavy atom. The van der Waals surface area contributed by atoms with Gasteiger partial charge in [0.25, 0.3) is 5.91 Å². The average Bonchev–Trinajstić information content (AvgIpc) is 2.54. The Balaban J connectivity index is 2.23. The summed E-state index contributed by atoms with van der Waals surface area (Å²) in [4.78, 5) is 20.0. The summed E-state index contributed by atoms with van der Waals surface area (Å²) in [5.41, 5.74) is 6.54. The summed E-state index contributed by atoms with van der Waals surface area (Å²) in [7, 11) is 3.15. The fourth-order valence-electron chi connectivity index (χ4n) is 2.04. The van der Waals surface area contributed by atoms with E-state index in [0.29, 0.717) is 11.5 Å². The van der Waals surface area contributed by atoms with Crippen LogP contribution in [0.1, 0.15) is 29.0 Å². The topological polar surface area (TPSA) is 99.4 Å². The number of nitrogen functional groups attached to an aromatic ring is 1. The van der Waals surface area contributed by atoms with Gasteiger partial charge in [0.1, 0.15) is 11.5 Å². The Hall–Kier alpha value is -2.83. The van der Waals surface area contributed by atoms with Crippen LogP contribution in [0.5, 0.6) is 11.5 Å². The molecule has 0 bridgehead atoms. The van der Waals surface area contributed by atoms with E-state index in [2.05, 4.69) is 15.3 Å². The lowest BCUT2D eigenvalue weighted by Gasteiger charge is -2.18. The third kappa shape index (κ3) is 3.25. The number of ether oxygens (including phenoxy) is 2. The molecule has 116 valence electrons. The Labute approximate surface area is 128 Å². The summed E-state index contributed by atoms with van der Waals surface area (Å²) in [5.74, 6) is 1.02. The van der Waals surface area contributed by atoms with Gasteiger partial charge in [-0.05, 0) is 25.1 Å². The zero-order valence-electron chi connectivity index (χ0n) is 12.7. The van der Waals surface area contributed by atoms with Crippen molar-refractivity contribution in [2.45, 2.75) is 13.0 Å². The van der Waals surface area contributed by atoms with Crippen LogP contribution in [0.15, 0.2) is 30.6 Å². The maximum Gasteiger partial charge on any atom is 0.274 e. The molecule has 0 fully saturated rings. The van der Waals surface area contributed by atoms with Gasteiger partial charge in [-0.1, -0.05) is 0 Å². The third-order valence-corrected chi connectivity index (χ3v) is 3.19. The number of carbonyl (C=O) groups is 1. The Kier molecular flexibility index (Phi) is 4.77. The molecular weight excluding hydrogens is 284 g/mol. The number of benzene rings is 1. The number of hydrogen-bond acceptors (Lipinski definition) is 6. The molecule has 7 heteroatoms. The van der Waals surface area contributed by atoms with E-state index >= 15 is 0 Å². The molecule has 2 rings (SSSR count). The van der Waals surface area contributed by atoms with E-state index < -0.39 is 5.91 Å². The van der Waals surface area contributed by atoms with E-state index in [-0.39, 0.29) is 17.6 Å². The molecule has 1 aromatic carbocycles. The minimum Gasteiger partial charge on any atom is -0.497 e. The molecule has 3 N–H and O–H groups in total. The molecule has 1 aromatic heterocycles. The first-order valence-corrected chi connectivity index (χ1v) is 6.66. The summed E-state index contributed by atoms with van der Waals surface area (Å²) in [6, 6.07) is 5.06. The molecule has 1 unspecified atom stereocenters. The second-order valence-electron chi connectivity index (χ2n) is 4.59. The predicted molar refractivity (Wildman–Crippen MR) is 81.9 cm³/mol. The van der Waals surface area contributed by atoms with Gasteiger partial charge in [0.15, 0.2) is 11.5 Å². The number of carbonyl (C=O) groups excluding carboxylic acids is 1. The minimum absolute atomic E-state index is 0.0878. The van der Waals surface area contributed by atoms with Gasteiger partial charge in [-0.15, -0.1) is 0 Å². The number of hydrogen-bond donors (Lipinski definition) is 2. The number of amides is 1. The second-order valence-corrected chi connectivity index (χ2v) is 4.59. The molecule has 1 heterocycles. The molecule has 0 aliphatic rings. The van der Waals surface area contributed by atoms with E-state index in [1.54, 1.807) is 26.4 Å². The SMILES string of the molecule is COc1ccc(OC)c(C(C)NC(=O)c2nccnc2N)c1. The van der Waals surface area contributed by atoms with Crippen molar-refractivity contribution in [1.29, 1.82) is 0 Å². The molecule has 2 aromatic rings. The van der Waals surface area contributed by atoms with Crippen LogP contribution in [0.4, 0.5) is 5.82 Å². The largest absolute Gasteiger partial charge is 0.497 e. The molecule has 0 aliphatic heterocycles. The number of nitrogens with two attached hydrogens (primary N) is 1. The highest BCUT2D eigenvalue weighted by atomic mass is 16.5. The van der Waals surface area contributed by atoms with E-state index in [0.717, 1.165) is 5.56 Å². The molecule has 0 spiro atoms. The summed E-state index contributed by atoms with van der Waals surface area (Å²) >= 11 is 0. The molecule has 0 saturated carbocycles. The minimum atomic E-state index is -0.400. The van der Waals surface area contributed by atoms with Crippen LogP contribution in [-0.2, 0) is 0 Å². The van der Waals surface area contributed by atoms with Crippen LogP contribution < -0.4 is 20.5 Å². The lowest BCUT2D eigenvalue weighted by atomic mass is 10.1. The monoisotopic (exact) mass is 302 g/mol. The molecule has 1 amide bonds. The Morgan fingerprint density at radius 3 is 2.59 bits per heavy atom. The molecule has 0 radical (unpaired) electrons. The highest BCUT2D eigenvalue weighted by Gasteiger charge is 2.18. The number of anilines is 1. The van der Waals surface area contributed by atoms with E-state index in [9.17, 15) is 4.79 Å². The molecule has 0 saturated heterocycles. The molecule has 0 aliphatic carbocycles. The van der Waals surface area contributed by atoms with Gasteiger partial charge >= 0.3 is 0 Å². The van der Waals surface area contributed by atoms with E-state index in [1.165, 1.54) is 12.4 Å². The van der Waals surface area contributed by atoms with Gasteiger partial charge in [-0.25, -0.2) is 9.97 Å². The first kappa shape index (κ1) is 15.6. The van der Waals surface area contributed by atoms with Crippen LogP contribution in [0.25, 0.3) is 0 Å². The smallest absolute Gasteiger partial charge is 0.274 e. The third-order valence-electron chi connectivity index (χ3n) is 3.19. The van der Waals surface area contributed by atoms with Crippen molar-refractivity contribution in [2.24, 2.45) is 0 Å². The molecule has 1 atom stereocenters. The summed E-state index contributed by atoms with van der Waals surface area (Å²) < 4.78 is 10.5. The first-order chi connectivity index (χ1) is 10.6. The van der Waals surface area contributed by atoms with Gasteiger partial charge < -0.3 is 20.5 Å². The number of nitrogens with one attached hydrogen (secondary N) is 1. The van der Waals surface area contributed by atoms with Crippen molar-refractivity contribution in [3.63, 3.8) is 0 Å². The summed E-state index contributed by atoms with van der Waals surface area (Å²) in [5, 5.41) is 2.82. The Bertz CT molecular complexity index is 676. The average molecular weight is 302 g/mol. The number of rotatable bonds is 5. The van der Waals surface area contributed by atoms with Crippen molar-refractivity contribution in [1.82, 2.24) is 15.3 Å². The van der Waals surface area contributed by atoms with Gasteiger partial charge in [-0.2, -0.15) is 0 Å². The molecular formula is C15H18N4O3. The predicted octanol–water partition coefficient (Wildman–Crippen LogP) is 1.57.